The first-order chi connectivity index (χ1) is 10.5. The van der Waals surface area contributed by atoms with Crippen LogP contribution in [0.3, 0.4) is 0 Å². The number of azide groups is 1. The zero-order chi connectivity index (χ0) is 16.1. The van der Waals surface area contributed by atoms with Crippen molar-refractivity contribution in [3.05, 3.63) is 40.4 Å². The Bertz CT molecular complexity index is 796. The lowest BCUT2D eigenvalue weighted by Gasteiger charge is -2.10. The molecule has 0 aliphatic carbocycles. The number of carbonyl (C=O) groups excluding carboxylic acids is 2. The van der Waals surface area contributed by atoms with Gasteiger partial charge < -0.3 is 10.1 Å². The average molecular weight is 299 g/mol. The SMILES string of the molecule is COc1cc(NC(C)=O)cc2ncc(C(=O)CN=[N+]=[N-])cc12. The smallest absolute Gasteiger partial charge is 0.221 e. The maximum Gasteiger partial charge on any atom is 0.221 e. The van der Waals surface area contributed by atoms with Crippen LogP contribution < -0.4 is 10.1 Å². The molecule has 0 spiro atoms. The lowest BCUT2D eigenvalue weighted by molar-refractivity contribution is -0.114. The largest absolute Gasteiger partial charge is 0.496 e. The molecule has 0 atom stereocenters. The van der Waals surface area contributed by atoms with E-state index in [1.54, 1.807) is 18.2 Å². The summed E-state index contributed by atoms with van der Waals surface area (Å²) in [5.41, 5.74) is 9.70. The van der Waals surface area contributed by atoms with Crippen LogP contribution in [0.25, 0.3) is 21.3 Å². The van der Waals surface area contributed by atoms with Crippen molar-refractivity contribution in [2.45, 2.75) is 6.92 Å². The molecular weight excluding hydrogens is 286 g/mol. The predicted octanol–water partition coefficient (Wildman–Crippen LogP) is 2.69. The van der Waals surface area contributed by atoms with E-state index < -0.39 is 0 Å². The molecule has 0 fully saturated rings. The topological polar surface area (TPSA) is 117 Å². The molecule has 2 aromatic rings. The molecule has 0 aliphatic heterocycles. The third kappa shape index (κ3) is 3.31. The molecule has 0 bridgehead atoms. The van der Waals surface area contributed by atoms with Gasteiger partial charge in [0.25, 0.3) is 0 Å². The Morgan fingerprint density at radius 2 is 2.18 bits per heavy atom. The van der Waals surface area contributed by atoms with Crippen molar-refractivity contribution in [3.63, 3.8) is 0 Å². The number of nitrogens with one attached hydrogen (secondary N) is 1. The van der Waals surface area contributed by atoms with Crippen molar-refractivity contribution in [1.82, 2.24) is 4.98 Å². The Hall–Kier alpha value is -3.12. The van der Waals surface area contributed by atoms with Gasteiger partial charge in [0.15, 0.2) is 5.78 Å². The van der Waals surface area contributed by atoms with Crippen LogP contribution in [0.4, 0.5) is 5.69 Å². The maximum atomic E-state index is 11.9. The predicted molar refractivity (Wildman–Crippen MR) is 80.9 cm³/mol. The van der Waals surface area contributed by atoms with E-state index in [1.807, 2.05) is 0 Å². The number of hydrogen-bond donors (Lipinski definition) is 1. The minimum atomic E-state index is -0.333. The third-order valence-corrected chi connectivity index (χ3v) is 2.90. The summed E-state index contributed by atoms with van der Waals surface area (Å²) in [5, 5.41) is 6.53. The highest BCUT2D eigenvalue weighted by atomic mass is 16.5. The van der Waals surface area contributed by atoms with Crippen LogP contribution >= 0.6 is 0 Å². The molecule has 8 heteroatoms. The molecule has 1 amide bonds. The van der Waals surface area contributed by atoms with Crippen molar-refractivity contribution in [2.75, 3.05) is 19.0 Å². The van der Waals surface area contributed by atoms with Crippen LogP contribution in [0, 0.1) is 0 Å². The molecule has 2 rings (SSSR count). The van der Waals surface area contributed by atoms with Crippen LogP contribution in [-0.4, -0.2) is 30.3 Å². The van der Waals surface area contributed by atoms with E-state index in [0.717, 1.165) is 0 Å². The second-order valence-corrected chi connectivity index (χ2v) is 4.46. The van der Waals surface area contributed by atoms with Crippen LogP contribution in [0.15, 0.2) is 29.5 Å². The van der Waals surface area contributed by atoms with E-state index in [0.29, 0.717) is 27.9 Å². The Morgan fingerprint density at radius 1 is 1.41 bits per heavy atom. The molecule has 0 saturated heterocycles. The number of pyridine rings is 1. The Morgan fingerprint density at radius 3 is 2.82 bits per heavy atom. The van der Waals surface area contributed by atoms with Gasteiger partial charge in [-0.1, -0.05) is 5.11 Å². The molecule has 1 heterocycles. The lowest BCUT2D eigenvalue weighted by Crippen LogP contribution is -2.07. The molecule has 0 radical (unpaired) electrons. The number of amides is 1. The molecule has 22 heavy (non-hydrogen) atoms. The number of ether oxygens (including phenoxy) is 1. The number of anilines is 1. The minimum Gasteiger partial charge on any atom is -0.496 e. The summed E-state index contributed by atoms with van der Waals surface area (Å²) in [6.45, 7) is 1.14. The van der Waals surface area contributed by atoms with Crippen molar-refractivity contribution < 1.29 is 14.3 Å². The third-order valence-electron chi connectivity index (χ3n) is 2.90. The Labute approximate surface area is 125 Å². The number of methoxy groups -OCH3 is 1. The molecule has 1 aromatic heterocycles. The van der Waals surface area contributed by atoms with E-state index in [4.69, 9.17) is 10.3 Å². The van der Waals surface area contributed by atoms with E-state index in [-0.39, 0.29) is 18.2 Å². The Kier molecular flexibility index (Phi) is 4.55. The van der Waals surface area contributed by atoms with E-state index in [2.05, 4.69) is 20.3 Å². The van der Waals surface area contributed by atoms with Crippen LogP contribution in [0.2, 0.25) is 0 Å². The zero-order valence-corrected chi connectivity index (χ0v) is 12.0. The van der Waals surface area contributed by atoms with Crippen LogP contribution in [0.1, 0.15) is 17.3 Å². The monoisotopic (exact) mass is 299 g/mol. The second-order valence-electron chi connectivity index (χ2n) is 4.46. The molecule has 8 nitrogen and oxygen atoms in total. The van der Waals surface area contributed by atoms with Crippen molar-refractivity contribution in [1.29, 1.82) is 0 Å². The van der Waals surface area contributed by atoms with E-state index in [9.17, 15) is 9.59 Å². The van der Waals surface area contributed by atoms with Crippen LogP contribution in [-0.2, 0) is 4.79 Å². The summed E-state index contributed by atoms with van der Waals surface area (Å²) < 4.78 is 5.28. The van der Waals surface area contributed by atoms with E-state index in [1.165, 1.54) is 20.2 Å². The Balaban J connectivity index is 2.50. The summed E-state index contributed by atoms with van der Waals surface area (Å²) in [4.78, 5) is 29.7. The van der Waals surface area contributed by atoms with Gasteiger partial charge in [0.2, 0.25) is 5.91 Å². The summed E-state index contributed by atoms with van der Waals surface area (Å²) in [6, 6.07) is 4.95. The van der Waals surface area contributed by atoms with Gasteiger partial charge in [0.1, 0.15) is 5.75 Å². The fourth-order valence-electron chi connectivity index (χ4n) is 1.98. The van der Waals surface area contributed by atoms with Crippen molar-refractivity contribution in [2.24, 2.45) is 5.11 Å². The van der Waals surface area contributed by atoms with Gasteiger partial charge in [-0.2, -0.15) is 0 Å². The fourth-order valence-corrected chi connectivity index (χ4v) is 1.98. The van der Waals surface area contributed by atoms with Gasteiger partial charge in [0, 0.05) is 40.7 Å². The summed E-state index contributed by atoms with van der Waals surface area (Å²) in [6.07, 6.45) is 1.40. The number of Topliss-reactive ketones (excluding diaryl/α,β-unsaturated/α-hetero) is 1. The number of nitrogens with zero attached hydrogens (tertiary/aromatic N) is 4. The standard InChI is InChI=1S/C14H13N5O3/c1-8(20)18-10-4-12-11(14(5-10)22-2)3-9(6-16-12)13(21)7-17-19-15/h3-6H,7H2,1-2H3,(H,18,20). The number of rotatable bonds is 5. The highest BCUT2D eigenvalue weighted by Gasteiger charge is 2.11. The maximum absolute atomic E-state index is 11.9. The van der Waals surface area contributed by atoms with Gasteiger partial charge in [-0.3, -0.25) is 14.6 Å². The van der Waals surface area contributed by atoms with Crippen molar-refractivity contribution in [3.8, 4) is 5.75 Å². The molecule has 0 saturated carbocycles. The number of fused-ring (bicyclic) bond motifs is 1. The highest BCUT2D eigenvalue weighted by Crippen LogP contribution is 2.29. The first kappa shape index (κ1) is 15.3. The number of ketones is 1. The van der Waals surface area contributed by atoms with Gasteiger partial charge in [-0.05, 0) is 17.7 Å². The molecule has 0 unspecified atom stereocenters. The number of hydrogen-bond acceptors (Lipinski definition) is 5. The summed E-state index contributed by atoms with van der Waals surface area (Å²) in [5.74, 6) is -0.0602. The number of carbonyl (C=O) groups is 2. The molecular formula is C14H13N5O3. The van der Waals surface area contributed by atoms with Gasteiger partial charge in [-0.25, -0.2) is 0 Å². The normalized spacial score (nSPS) is 9.91. The minimum absolute atomic E-state index is 0.206. The molecule has 1 N–H and O–H groups in total. The summed E-state index contributed by atoms with van der Waals surface area (Å²) in [7, 11) is 1.49. The van der Waals surface area contributed by atoms with Crippen molar-refractivity contribution >= 4 is 28.3 Å². The second kappa shape index (κ2) is 6.55. The first-order valence-electron chi connectivity index (χ1n) is 6.34. The average Bonchev–Trinajstić information content (AvgIpc) is 2.50. The van der Waals surface area contributed by atoms with Gasteiger partial charge >= 0.3 is 0 Å². The molecule has 0 aliphatic rings. The molecule has 1 aromatic carbocycles. The summed E-state index contributed by atoms with van der Waals surface area (Å²) >= 11 is 0. The van der Waals surface area contributed by atoms with Crippen LogP contribution in [0.5, 0.6) is 5.75 Å². The first-order valence-corrected chi connectivity index (χ1v) is 6.34. The van der Waals surface area contributed by atoms with E-state index >= 15 is 0 Å². The zero-order valence-electron chi connectivity index (χ0n) is 12.0. The highest BCUT2D eigenvalue weighted by molar-refractivity contribution is 6.02. The van der Waals surface area contributed by atoms with Gasteiger partial charge in [0.05, 0.1) is 19.2 Å². The van der Waals surface area contributed by atoms with Gasteiger partial charge in [-0.15, -0.1) is 0 Å². The fraction of sp³-hybridized carbons (Fsp3) is 0.214. The quantitative estimate of drug-likeness (QED) is 0.395. The number of aromatic nitrogens is 1. The lowest BCUT2D eigenvalue weighted by atomic mass is 10.1. The number of benzene rings is 1. The molecule has 112 valence electrons.